The fraction of sp³-hybridized carbons (Fsp3) is 0.346. The van der Waals surface area contributed by atoms with Crippen molar-refractivity contribution in [1.29, 1.82) is 0 Å². The number of nitrogens with zero attached hydrogens (tertiary/aromatic N) is 2. The number of likely N-dealkylation sites (N-methyl/N-ethyl adjacent to an activating group) is 1. The van der Waals surface area contributed by atoms with Gasteiger partial charge in [-0.05, 0) is 67.9 Å². The molecule has 1 N–H and O–H groups in total. The number of hydrogen-bond donors (Lipinski definition) is 1. The maximum absolute atomic E-state index is 12.2. The fourth-order valence-electron chi connectivity index (χ4n) is 3.39. The van der Waals surface area contributed by atoms with E-state index in [1.807, 2.05) is 7.05 Å². The molecule has 0 fully saturated rings. The van der Waals surface area contributed by atoms with Crippen LogP contribution in [0.15, 0.2) is 58.9 Å². The molecule has 33 heavy (non-hydrogen) atoms. The van der Waals surface area contributed by atoms with Crippen molar-refractivity contribution in [2.75, 3.05) is 39.4 Å². The van der Waals surface area contributed by atoms with E-state index in [1.165, 1.54) is 11.6 Å². The summed E-state index contributed by atoms with van der Waals surface area (Å²) in [6.45, 7) is 15.2. The zero-order chi connectivity index (χ0) is 24.5. The van der Waals surface area contributed by atoms with Crippen molar-refractivity contribution in [2.45, 2.75) is 27.2 Å². The third-order valence-corrected chi connectivity index (χ3v) is 5.42. The minimum Gasteiger partial charge on any atom is -0.496 e. The molecule has 2 aromatic rings. The summed E-state index contributed by atoms with van der Waals surface area (Å²) in [5.74, 6) is -0.632. The summed E-state index contributed by atoms with van der Waals surface area (Å²) < 4.78 is 35.3. The number of aryl methyl sites for hydroxylation is 3. The smallest absolute Gasteiger partial charge is 0.159 e. The average Bonchev–Trinajstić information content (AvgIpc) is 3.30. The maximum atomic E-state index is 12.2. The van der Waals surface area contributed by atoms with Gasteiger partial charge in [0.15, 0.2) is 11.6 Å². The van der Waals surface area contributed by atoms with E-state index >= 15 is 0 Å². The van der Waals surface area contributed by atoms with Crippen LogP contribution in [0.25, 0.3) is 0 Å². The first kappa shape index (κ1) is 26.1. The summed E-state index contributed by atoms with van der Waals surface area (Å²) in [5, 5.41) is 3.50. The van der Waals surface area contributed by atoms with Crippen molar-refractivity contribution in [3.63, 3.8) is 0 Å². The van der Waals surface area contributed by atoms with Gasteiger partial charge in [0.05, 0.1) is 32.7 Å². The third-order valence-electron chi connectivity index (χ3n) is 5.42. The van der Waals surface area contributed by atoms with Crippen molar-refractivity contribution in [2.24, 2.45) is 4.99 Å². The largest absolute Gasteiger partial charge is 0.496 e. The van der Waals surface area contributed by atoms with Gasteiger partial charge in [-0.1, -0.05) is 19.6 Å². The predicted molar refractivity (Wildman–Crippen MR) is 131 cm³/mol. The highest BCUT2D eigenvalue weighted by molar-refractivity contribution is 5.57. The first-order valence-electron chi connectivity index (χ1n) is 10.7. The van der Waals surface area contributed by atoms with Gasteiger partial charge in [0.2, 0.25) is 0 Å². The van der Waals surface area contributed by atoms with Crippen molar-refractivity contribution in [3.05, 3.63) is 82.2 Å². The molecule has 1 heterocycles. The van der Waals surface area contributed by atoms with Crippen LogP contribution in [-0.2, 0) is 11.2 Å². The summed E-state index contributed by atoms with van der Waals surface area (Å²) in [7, 11) is 3.75. The quantitative estimate of drug-likeness (QED) is 0.412. The Morgan fingerprint density at radius 2 is 1.91 bits per heavy atom. The van der Waals surface area contributed by atoms with Gasteiger partial charge in [-0.15, -0.1) is 0 Å². The zero-order valence-electron chi connectivity index (χ0n) is 20.1. The molecule has 5 nitrogen and oxygen atoms in total. The van der Waals surface area contributed by atoms with Crippen LogP contribution in [0.1, 0.15) is 23.6 Å². The molecular weight excluding hydrogens is 424 g/mol. The second-order valence-electron chi connectivity index (χ2n) is 7.81. The van der Waals surface area contributed by atoms with Crippen LogP contribution in [0.4, 0.5) is 14.5 Å². The summed E-state index contributed by atoms with van der Waals surface area (Å²) >= 11 is 0. The molecule has 1 aliphatic heterocycles. The summed E-state index contributed by atoms with van der Waals surface area (Å²) in [6.07, 6.45) is 0.932. The average molecular weight is 458 g/mol. The number of rotatable bonds is 8. The van der Waals surface area contributed by atoms with Crippen LogP contribution in [-0.4, -0.2) is 45.7 Å². The van der Waals surface area contributed by atoms with Gasteiger partial charge in [0.25, 0.3) is 0 Å². The van der Waals surface area contributed by atoms with Gasteiger partial charge < -0.3 is 19.7 Å². The van der Waals surface area contributed by atoms with Crippen LogP contribution in [0.2, 0.25) is 0 Å². The maximum Gasteiger partial charge on any atom is 0.159 e. The molecule has 3 rings (SSSR count). The SMILES string of the molecule is C=NC(=C)C1=C(N(C)CNc2cc(CC)c(OC)cc2C)COC1.Cc1ccc(F)c(F)c1. The third kappa shape index (κ3) is 6.89. The second kappa shape index (κ2) is 12.2. The molecule has 0 aromatic heterocycles. The van der Waals surface area contributed by atoms with E-state index < -0.39 is 11.6 Å². The number of halogens is 2. The summed E-state index contributed by atoms with van der Waals surface area (Å²) in [6, 6.07) is 8.04. The van der Waals surface area contributed by atoms with Crippen LogP contribution >= 0.6 is 0 Å². The van der Waals surface area contributed by atoms with Gasteiger partial charge in [-0.2, -0.15) is 0 Å². The highest BCUT2D eigenvalue weighted by atomic mass is 19.2. The molecule has 0 amide bonds. The Kier molecular flexibility index (Phi) is 9.60. The van der Waals surface area contributed by atoms with E-state index in [0.717, 1.165) is 52.4 Å². The number of methoxy groups -OCH3 is 1. The van der Waals surface area contributed by atoms with Gasteiger partial charge in [-0.25, -0.2) is 8.78 Å². The van der Waals surface area contributed by atoms with E-state index in [1.54, 1.807) is 14.0 Å². The van der Waals surface area contributed by atoms with Gasteiger partial charge >= 0.3 is 0 Å². The molecule has 0 aliphatic carbocycles. The lowest BCUT2D eigenvalue weighted by Crippen LogP contribution is -2.26. The lowest BCUT2D eigenvalue weighted by Gasteiger charge is -2.23. The molecule has 0 atom stereocenters. The predicted octanol–water partition coefficient (Wildman–Crippen LogP) is 5.64. The normalized spacial score (nSPS) is 12.7. The molecule has 0 unspecified atom stereocenters. The molecule has 2 aromatic carbocycles. The lowest BCUT2D eigenvalue weighted by molar-refractivity contribution is 0.191. The van der Waals surface area contributed by atoms with E-state index in [0.29, 0.717) is 25.6 Å². The van der Waals surface area contributed by atoms with Crippen molar-refractivity contribution in [3.8, 4) is 5.75 Å². The molecular formula is C26H33F2N3O2. The van der Waals surface area contributed by atoms with E-state index in [-0.39, 0.29) is 0 Å². The van der Waals surface area contributed by atoms with Gasteiger partial charge in [0, 0.05) is 24.0 Å². The minimum absolute atomic E-state index is 0.541. The Balaban J connectivity index is 0.000000357. The van der Waals surface area contributed by atoms with E-state index in [9.17, 15) is 8.78 Å². The number of benzene rings is 2. The molecule has 1 aliphatic rings. The minimum atomic E-state index is -0.791. The number of hydrogen-bond acceptors (Lipinski definition) is 5. The molecule has 0 saturated carbocycles. The Morgan fingerprint density at radius 3 is 2.48 bits per heavy atom. The molecule has 178 valence electrons. The zero-order valence-corrected chi connectivity index (χ0v) is 20.1. The first-order chi connectivity index (χ1) is 15.7. The van der Waals surface area contributed by atoms with Gasteiger partial charge in [-0.3, -0.25) is 4.99 Å². The van der Waals surface area contributed by atoms with Crippen molar-refractivity contribution in [1.82, 2.24) is 4.90 Å². The Bertz CT molecular complexity index is 1030. The monoisotopic (exact) mass is 457 g/mol. The lowest BCUT2D eigenvalue weighted by atomic mass is 10.1. The summed E-state index contributed by atoms with van der Waals surface area (Å²) in [4.78, 5) is 6.07. The van der Waals surface area contributed by atoms with Crippen LogP contribution in [0, 0.1) is 25.5 Å². The van der Waals surface area contributed by atoms with Crippen molar-refractivity contribution >= 4 is 12.4 Å². The van der Waals surface area contributed by atoms with Crippen LogP contribution in [0.5, 0.6) is 5.75 Å². The molecule has 0 spiro atoms. The second-order valence-corrected chi connectivity index (χ2v) is 7.81. The molecule has 0 bridgehead atoms. The van der Waals surface area contributed by atoms with E-state index in [4.69, 9.17) is 9.47 Å². The molecule has 7 heteroatoms. The Morgan fingerprint density at radius 1 is 1.18 bits per heavy atom. The van der Waals surface area contributed by atoms with Gasteiger partial charge in [0.1, 0.15) is 5.75 Å². The highest BCUT2D eigenvalue weighted by Gasteiger charge is 2.20. The van der Waals surface area contributed by atoms with Crippen molar-refractivity contribution < 1.29 is 18.3 Å². The molecule has 0 saturated heterocycles. The Labute approximate surface area is 195 Å². The topological polar surface area (TPSA) is 46.1 Å². The first-order valence-corrected chi connectivity index (χ1v) is 10.7. The summed E-state index contributed by atoms with van der Waals surface area (Å²) in [5.41, 5.74) is 7.00. The van der Waals surface area contributed by atoms with Crippen LogP contribution < -0.4 is 10.1 Å². The van der Waals surface area contributed by atoms with Crippen LogP contribution in [0.3, 0.4) is 0 Å². The highest BCUT2D eigenvalue weighted by Crippen LogP contribution is 2.28. The Hall–Kier alpha value is -3.19. The standard InChI is InChI=1S/C19H27N3O2.C7H6F2/c1-7-15-9-17(13(2)8-19(15)23-6)21-12-22(5)18-11-24-10-16(18)14(3)20-4;1-5-2-3-6(8)7(9)4-5/h8-9,21H,3-4,7,10-12H2,1-2,5-6H3;2-4H,1H3. The fourth-order valence-corrected chi connectivity index (χ4v) is 3.39. The molecule has 0 radical (unpaired) electrons. The number of nitrogens with one attached hydrogen (secondary N) is 1. The number of aliphatic imine (C=N–C) groups is 1. The number of ether oxygens (including phenoxy) is 2. The number of anilines is 1. The van der Waals surface area contributed by atoms with E-state index in [2.05, 4.69) is 54.5 Å².